The third-order valence-corrected chi connectivity index (χ3v) is 3.16. The summed E-state index contributed by atoms with van der Waals surface area (Å²) >= 11 is 0. The predicted octanol–water partition coefficient (Wildman–Crippen LogP) is 1.50. The van der Waals surface area contributed by atoms with Crippen molar-refractivity contribution in [3.8, 4) is 5.88 Å². The molecule has 1 aliphatic carbocycles. The number of ether oxygens (including phenoxy) is 1. The number of hydrogen-bond donors (Lipinski definition) is 1. The molecule has 18 heavy (non-hydrogen) atoms. The minimum absolute atomic E-state index is 0.625. The average molecular weight is 250 g/mol. The Kier molecular flexibility index (Phi) is 4.36. The number of nitrogens with two attached hydrogens (primary N) is 1. The maximum Gasteiger partial charge on any atom is 0.221 e. The van der Waals surface area contributed by atoms with Crippen LogP contribution < -0.4 is 15.4 Å². The second-order valence-corrected chi connectivity index (χ2v) is 4.63. The maximum absolute atomic E-state index is 5.61. The summed E-state index contributed by atoms with van der Waals surface area (Å²) in [6.45, 7) is 6.30. The molecule has 1 heterocycles. The first kappa shape index (κ1) is 13.1. The minimum Gasteiger partial charge on any atom is -0.478 e. The second-order valence-electron chi connectivity index (χ2n) is 4.63. The van der Waals surface area contributed by atoms with Crippen molar-refractivity contribution in [2.24, 2.45) is 5.73 Å². The Bertz CT molecular complexity index is 393. The van der Waals surface area contributed by atoms with Crippen LogP contribution in [0.1, 0.15) is 31.7 Å². The summed E-state index contributed by atoms with van der Waals surface area (Å²) in [5, 5.41) is 0. The lowest BCUT2D eigenvalue weighted by Gasteiger charge is -2.25. The highest BCUT2D eigenvalue weighted by atomic mass is 16.5. The molecule has 0 unspecified atom stereocenters. The first-order valence-corrected chi connectivity index (χ1v) is 6.69. The maximum atomic E-state index is 5.61. The molecule has 1 fully saturated rings. The molecule has 0 spiro atoms. The number of rotatable bonds is 7. The van der Waals surface area contributed by atoms with Crippen LogP contribution in [0.15, 0.2) is 6.33 Å². The van der Waals surface area contributed by atoms with Crippen LogP contribution in [-0.4, -0.2) is 35.7 Å². The molecule has 1 saturated carbocycles. The summed E-state index contributed by atoms with van der Waals surface area (Å²) in [6, 6.07) is 0.625. The molecule has 1 aromatic heterocycles. The first-order valence-electron chi connectivity index (χ1n) is 6.69. The van der Waals surface area contributed by atoms with Crippen molar-refractivity contribution in [1.82, 2.24) is 9.97 Å². The van der Waals surface area contributed by atoms with E-state index in [1.807, 2.05) is 13.8 Å². The Labute approximate surface area is 108 Å². The third kappa shape index (κ3) is 2.90. The van der Waals surface area contributed by atoms with Gasteiger partial charge in [-0.1, -0.05) is 0 Å². The van der Waals surface area contributed by atoms with Gasteiger partial charge in [-0.2, -0.15) is 0 Å². The van der Waals surface area contributed by atoms with E-state index in [9.17, 15) is 0 Å². The lowest BCUT2D eigenvalue weighted by Crippen LogP contribution is -2.30. The van der Waals surface area contributed by atoms with Crippen molar-refractivity contribution in [3.63, 3.8) is 0 Å². The van der Waals surface area contributed by atoms with Crippen LogP contribution in [0.25, 0.3) is 0 Å². The number of aromatic nitrogens is 2. The largest absolute Gasteiger partial charge is 0.478 e. The van der Waals surface area contributed by atoms with Crippen molar-refractivity contribution in [2.45, 2.75) is 39.2 Å². The molecule has 1 aliphatic rings. The van der Waals surface area contributed by atoms with Crippen molar-refractivity contribution >= 4 is 5.82 Å². The number of anilines is 1. The highest BCUT2D eigenvalue weighted by Crippen LogP contribution is 2.34. The van der Waals surface area contributed by atoms with Gasteiger partial charge in [0.05, 0.1) is 12.2 Å². The molecule has 100 valence electrons. The van der Waals surface area contributed by atoms with Crippen LogP contribution in [0.3, 0.4) is 0 Å². The molecule has 2 rings (SSSR count). The Morgan fingerprint density at radius 1 is 1.44 bits per heavy atom. The first-order chi connectivity index (χ1) is 8.77. The van der Waals surface area contributed by atoms with E-state index in [-0.39, 0.29) is 0 Å². The zero-order valence-corrected chi connectivity index (χ0v) is 11.2. The number of hydrogen-bond acceptors (Lipinski definition) is 5. The van der Waals surface area contributed by atoms with Gasteiger partial charge in [0.2, 0.25) is 5.88 Å². The monoisotopic (exact) mass is 250 g/mol. The SMILES string of the molecule is CCOc1ncnc(N(CCCN)C2CC2)c1C. The molecule has 0 bridgehead atoms. The lowest BCUT2D eigenvalue weighted by atomic mass is 10.2. The zero-order valence-electron chi connectivity index (χ0n) is 11.2. The zero-order chi connectivity index (χ0) is 13.0. The van der Waals surface area contributed by atoms with E-state index in [2.05, 4.69) is 14.9 Å². The molecule has 5 nitrogen and oxygen atoms in total. The fourth-order valence-electron chi connectivity index (χ4n) is 2.11. The van der Waals surface area contributed by atoms with Gasteiger partial charge < -0.3 is 15.4 Å². The van der Waals surface area contributed by atoms with Crippen molar-refractivity contribution in [2.75, 3.05) is 24.6 Å². The predicted molar refractivity (Wildman–Crippen MR) is 72.0 cm³/mol. The Morgan fingerprint density at radius 2 is 2.22 bits per heavy atom. The third-order valence-electron chi connectivity index (χ3n) is 3.16. The standard InChI is InChI=1S/C13H22N4O/c1-3-18-13-10(2)12(15-9-16-13)17(8-4-7-14)11-5-6-11/h9,11H,3-8,14H2,1-2H3. The Hall–Kier alpha value is -1.36. The van der Waals surface area contributed by atoms with Crippen LogP contribution >= 0.6 is 0 Å². The molecule has 5 heteroatoms. The van der Waals surface area contributed by atoms with Crippen LogP contribution in [0, 0.1) is 6.92 Å². The smallest absolute Gasteiger partial charge is 0.221 e. The molecule has 0 atom stereocenters. The number of nitrogens with zero attached hydrogens (tertiary/aromatic N) is 3. The van der Waals surface area contributed by atoms with Crippen molar-refractivity contribution in [3.05, 3.63) is 11.9 Å². The van der Waals surface area contributed by atoms with Crippen molar-refractivity contribution < 1.29 is 4.74 Å². The summed E-state index contributed by atoms with van der Waals surface area (Å²) < 4.78 is 5.53. The van der Waals surface area contributed by atoms with E-state index >= 15 is 0 Å². The molecule has 0 amide bonds. The van der Waals surface area contributed by atoms with E-state index < -0.39 is 0 Å². The summed E-state index contributed by atoms with van der Waals surface area (Å²) in [7, 11) is 0. The minimum atomic E-state index is 0.625. The van der Waals surface area contributed by atoms with E-state index in [4.69, 9.17) is 10.5 Å². The molecule has 1 aromatic rings. The van der Waals surface area contributed by atoms with E-state index in [0.29, 0.717) is 25.1 Å². The quantitative estimate of drug-likeness (QED) is 0.794. The van der Waals surface area contributed by atoms with E-state index in [1.165, 1.54) is 12.8 Å². The lowest BCUT2D eigenvalue weighted by molar-refractivity contribution is 0.323. The van der Waals surface area contributed by atoms with E-state index in [1.54, 1.807) is 6.33 Å². The molecule has 0 aromatic carbocycles. The van der Waals surface area contributed by atoms with Gasteiger partial charge in [-0.05, 0) is 39.7 Å². The topological polar surface area (TPSA) is 64.3 Å². The van der Waals surface area contributed by atoms with Gasteiger partial charge in [-0.15, -0.1) is 0 Å². The Morgan fingerprint density at radius 3 is 2.83 bits per heavy atom. The highest BCUT2D eigenvalue weighted by molar-refractivity contribution is 5.51. The van der Waals surface area contributed by atoms with Gasteiger partial charge in [-0.25, -0.2) is 9.97 Å². The summed E-state index contributed by atoms with van der Waals surface area (Å²) in [5.41, 5.74) is 6.64. The second kappa shape index (κ2) is 6.00. The highest BCUT2D eigenvalue weighted by Gasteiger charge is 2.31. The summed E-state index contributed by atoms with van der Waals surface area (Å²) in [5.74, 6) is 1.70. The molecular formula is C13H22N4O. The van der Waals surface area contributed by atoms with Crippen LogP contribution in [0.5, 0.6) is 5.88 Å². The molecule has 2 N–H and O–H groups in total. The fraction of sp³-hybridized carbons (Fsp3) is 0.692. The summed E-state index contributed by atoms with van der Waals surface area (Å²) in [6.07, 6.45) is 5.07. The molecule has 0 aliphatic heterocycles. The van der Waals surface area contributed by atoms with Gasteiger partial charge in [0.25, 0.3) is 0 Å². The van der Waals surface area contributed by atoms with Crippen LogP contribution in [0.2, 0.25) is 0 Å². The van der Waals surface area contributed by atoms with Gasteiger partial charge in [0, 0.05) is 12.6 Å². The van der Waals surface area contributed by atoms with Crippen LogP contribution in [0.4, 0.5) is 5.82 Å². The normalized spacial score (nSPS) is 14.6. The van der Waals surface area contributed by atoms with Gasteiger partial charge in [-0.3, -0.25) is 0 Å². The van der Waals surface area contributed by atoms with Crippen LogP contribution in [-0.2, 0) is 0 Å². The summed E-state index contributed by atoms with van der Waals surface area (Å²) in [4.78, 5) is 11.0. The van der Waals surface area contributed by atoms with Gasteiger partial charge >= 0.3 is 0 Å². The average Bonchev–Trinajstić information content (AvgIpc) is 3.19. The fourth-order valence-corrected chi connectivity index (χ4v) is 2.11. The Balaban J connectivity index is 2.20. The van der Waals surface area contributed by atoms with Crippen molar-refractivity contribution in [1.29, 1.82) is 0 Å². The van der Waals surface area contributed by atoms with Gasteiger partial charge in [0.1, 0.15) is 12.1 Å². The molecule has 0 radical (unpaired) electrons. The molecular weight excluding hydrogens is 228 g/mol. The van der Waals surface area contributed by atoms with E-state index in [0.717, 1.165) is 24.3 Å². The molecule has 0 saturated heterocycles. The van der Waals surface area contributed by atoms with Gasteiger partial charge in [0.15, 0.2) is 0 Å².